The van der Waals surface area contributed by atoms with E-state index >= 15 is 0 Å². The fraction of sp³-hybridized carbons (Fsp3) is 0.500. The van der Waals surface area contributed by atoms with Gasteiger partial charge < -0.3 is 15.3 Å². The molecular formula is C14H22N2O2. The van der Waals surface area contributed by atoms with Crippen LogP contribution in [-0.2, 0) is 4.79 Å². The Hall–Kier alpha value is -1.55. The molecule has 0 amide bonds. The molecule has 0 fully saturated rings. The van der Waals surface area contributed by atoms with Gasteiger partial charge in [0.15, 0.2) is 0 Å². The summed E-state index contributed by atoms with van der Waals surface area (Å²) in [6, 6.07) is 7.62. The molecule has 0 saturated heterocycles. The summed E-state index contributed by atoms with van der Waals surface area (Å²) in [6.45, 7) is 7.91. The number of benzene rings is 1. The third kappa shape index (κ3) is 4.04. The molecule has 1 atom stereocenters. The van der Waals surface area contributed by atoms with Crippen molar-refractivity contribution in [1.82, 2.24) is 5.32 Å². The SMILES string of the molecule is CCNC(CN(CC)c1ccc(C)cc1)C(=O)O. The summed E-state index contributed by atoms with van der Waals surface area (Å²) in [7, 11) is 0. The van der Waals surface area contributed by atoms with E-state index in [0.29, 0.717) is 13.1 Å². The first-order valence-electron chi connectivity index (χ1n) is 6.36. The van der Waals surface area contributed by atoms with Crippen LogP contribution in [0.5, 0.6) is 0 Å². The van der Waals surface area contributed by atoms with Crippen molar-refractivity contribution < 1.29 is 9.90 Å². The van der Waals surface area contributed by atoms with Crippen LogP contribution in [0.3, 0.4) is 0 Å². The van der Waals surface area contributed by atoms with E-state index in [-0.39, 0.29) is 0 Å². The van der Waals surface area contributed by atoms with E-state index in [9.17, 15) is 4.79 Å². The van der Waals surface area contributed by atoms with Crippen molar-refractivity contribution in [2.75, 3.05) is 24.5 Å². The Kier molecular flexibility index (Phi) is 5.65. The number of likely N-dealkylation sites (N-methyl/N-ethyl adjacent to an activating group) is 2. The number of carboxylic acids is 1. The van der Waals surface area contributed by atoms with E-state index < -0.39 is 12.0 Å². The maximum atomic E-state index is 11.1. The molecule has 18 heavy (non-hydrogen) atoms. The van der Waals surface area contributed by atoms with Crippen molar-refractivity contribution >= 4 is 11.7 Å². The fourth-order valence-corrected chi connectivity index (χ4v) is 1.87. The zero-order chi connectivity index (χ0) is 13.5. The summed E-state index contributed by atoms with van der Waals surface area (Å²) in [5.74, 6) is -0.803. The molecule has 2 N–H and O–H groups in total. The molecule has 0 aliphatic rings. The largest absolute Gasteiger partial charge is 0.480 e. The van der Waals surface area contributed by atoms with Gasteiger partial charge in [-0.2, -0.15) is 0 Å². The lowest BCUT2D eigenvalue weighted by molar-refractivity contribution is -0.139. The number of aryl methyl sites for hydroxylation is 1. The Morgan fingerprint density at radius 1 is 1.33 bits per heavy atom. The average molecular weight is 250 g/mol. The molecule has 4 heteroatoms. The van der Waals surface area contributed by atoms with Crippen LogP contribution in [0.15, 0.2) is 24.3 Å². The molecule has 0 saturated carbocycles. The van der Waals surface area contributed by atoms with Gasteiger partial charge in [-0.15, -0.1) is 0 Å². The molecule has 0 aliphatic carbocycles. The van der Waals surface area contributed by atoms with Crippen molar-refractivity contribution in [3.8, 4) is 0 Å². The van der Waals surface area contributed by atoms with Gasteiger partial charge in [-0.3, -0.25) is 4.79 Å². The molecular weight excluding hydrogens is 228 g/mol. The van der Waals surface area contributed by atoms with Gasteiger partial charge in [-0.1, -0.05) is 24.6 Å². The number of rotatable bonds is 7. The Morgan fingerprint density at radius 2 is 1.94 bits per heavy atom. The Labute approximate surface area is 109 Å². The van der Waals surface area contributed by atoms with Gasteiger partial charge in [-0.05, 0) is 32.5 Å². The van der Waals surface area contributed by atoms with Crippen molar-refractivity contribution in [2.45, 2.75) is 26.8 Å². The molecule has 0 spiro atoms. The maximum Gasteiger partial charge on any atom is 0.322 e. The molecule has 1 aromatic carbocycles. The Morgan fingerprint density at radius 3 is 2.39 bits per heavy atom. The number of hydrogen-bond acceptors (Lipinski definition) is 3. The molecule has 4 nitrogen and oxygen atoms in total. The highest BCUT2D eigenvalue weighted by atomic mass is 16.4. The standard InChI is InChI=1S/C14H22N2O2/c1-4-15-13(14(17)18)10-16(5-2)12-8-6-11(3)7-9-12/h6-9,13,15H,4-5,10H2,1-3H3,(H,17,18). The van der Waals surface area contributed by atoms with Gasteiger partial charge in [-0.25, -0.2) is 0 Å². The number of nitrogens with zero attached hydrogens (tertiary/aromatic N) is 1. The van der Waals surface area contributed by atoms with Crippen LogP contribution in [0.4, 0.5) is 5.69 Å². The normalized spacial score (nSPS) is 12.2. The Bertz CT molecular complexity index is 376. The van der Waals surface area contributed by atoms with Crippen LogP contribution in [-0.4, -0.2) is 36.8 Å². The first-order valence-corrected chi connectivity index (χ1v) is 6.36. The van der Waals surface area contributed by atoms with E-state index in [4.69, 9.17) is 5.11 Å². The zero-order valence-electron chi connectivity index (χ0n) is 11.3. The zero-order valence-corrected chi connectivity index (χ0v) is 11.3. The second kappa shape index (κ2) is 7.01. The minimum atomic E-state index is -0.803. The van der Waals surface area contributed by atoms with Gasteiger partial charge >= 0.3 is 5.97 Å². The van der Waals surface area contributed by atoms with E-state index in [0.717, 1.165) is 12.2 Å². The number of carboxylic acid groups (broad SMARTS) is 1. The van der Waals surface area contributed by atoms with Crippen LogP contribution in [0, 0.1) is 6.92 Å². The summed E-state index contributed by atoms with van der Waals surface area (Å²) in [6.07, 6.45) is 0. The lowest BCUT2D eigenvalue weighted by atomic mass is 10.2. The number of hydrogen-bond donors (Lipinski definition) is 2. The first kappa shape index (κ1) is 14.5. The summed E-state index contributed by atoms with van der Waals surface area (Å²) in [5.41, 5.74) is 2.27. The predicted octanol–water partition coefficient (Wildman–Crippen LogP) is 1.88. The molecule has 1 unspecified atom stereocenters. The fourth-order valence-electron chi connectivity index (χ4n) is 1.87. The Balaban J connectivity index is 2.76. The summed E-state index contributed by atoms with van der Waals surface area (Å²) >= 11 is 0. The number of carbonyl (C=O) groups is 1. The smallest absolute Gasteiger partial charge is 0.322 e. The molecule has 0 radical (unpaired) electrons. The maximum absolute atomic E-state index is 11.1. The summed E-state index contributed by atoms with van der Waals surface area (Å²) in [4.78, 5) is 13.2. The topological polar surface area (TPSA) is 52.6 Å². The van der Waals surface area contributed by atoms with Crippen LogP contribution in [0.25, 0.3) is 0 Å². The van der Waals surface area contributed by atoms with Gasteiger partial charge in [0.1, 0.15) is 6.04 Å². The van der Waals surface area contributed by atoms with Crippen LogP contribution >= 0.6 is 0 Å². The van der Waals surface area contributed by atoms with Gasteiger partial charge in [0.05, 0.1) is 0 Å². The number of anilines is 1. The highest BCUT2D eigenvalue weighted by Gasteiger charge is 2.19. The van der Waals surface area contributed by atoms with Crippen molar-refractivity contribution in [3.63, 3.8) is 0 Å². The number of aliphatic carboxylic acids is 1. The first-order chi connectivity index (χ1) is 8.58. The molecule has 0 aromatic heterocycles. The van der Waals surface area contributed by atoms with Crippen molar-refractivity contribution in [2.24, 2.45) is 0 Å². The third-order valence-electron chi connectivity index (χ3n) is 2.93. The minimum Gasteiger partial charge on any atom is -0.480 e. The second-order valence-corrected chi connectivity index (χ2v) is 4.32. The highest BCUT2D eigenvalue weighted by molar-refractivity contribution is 5.74. The van der Waals surface area contributed by atoms with Gasteiger partial charge in [0.25, 0.3) is 0 Å². The molecule has 100 valence electrons. The molecule has 0 heterocycles. The van der Waals surface area contributed by atoms with E-state index in [1.165, 1.54) is 5.56 Å². The van der Waals surface area contributed by atoms with Crippen LogP contribution < -0.4 is 10.2 Å². The van der Waals surface area contributed by atoms with E-state index in [1.807, 2.05) is 45.0 Å². The average Bonchev–Trinajstić information content (AvgIpc) is 2.35. The second-order valence-electron chi connectivity index (χ2n) is 4.32. The van der Waals surface area contributed by atoms with Crippen LogP contribution in [0.1, 0.15) is 19.4 Å². The molecule has 1 rings (SSSR count). The minimum absolute atomic E-state index is 0.475. The van der Waals surface area contributed by atoms with E-state index in [2.05, 4.69) is 10.2 Å². The molecule has 0 aliphatic heterocycles. The quantitative estimate of drug-likeness (QED) is 0.776. The van der Waals surface area contributed by atoms with Gasteiger partial charge in [0, 0.05) is 18.8 Å². The lowest BCUT2D eigenvalue weighted by Crippen LogP contribution is -2.46. The molecule has 0 bridgehead atoms. The summed E-state index contributed by atoms with van der Waals surface area (Å²) < 4.78 is 0. The third-order valence-corrected chi connectivity index (χ3v) is 2.93. The molecule has 1 aromatic rings. The lowest BCUT2D eigenvalue weighted by Gasteiger charge is -2.27. The van der Waals surface area contributed by atoms with Gasteiger partial charge in [0.2, 0.25) is 0 Å². The summed E-state index contributed by atoms with van der Waals surface area (Å²) in [5, 5.41) is 12.1. The van der Waals surface area contributed by atoms with Crippen LogP contribution in [0.2, 0.25) is 0 Å². The monoisotopic (exact) mass is 250 g/mol. The number of nitrogens with one attached hydrogen (secondary N) is 1. The van der Waals surface area contributed by atoms with Crippen molar-refractivity contribution in [1.29, 1.82) is 0 Å². The predicted molar refractivity (Wildman–Crippen MR) is 74.2 cm³/mol. The highest BCUT2D eigenvalue weighted by Crippen LogP contribution is 2.15. The van der Waals surface area contributed by atoms with Crippen molar-refractivity contribution in [3.05, 3.63) is 29.8 Å². The van der Waals surface area contributed by atoms with E-state index in [1.54, 1.807) is 0 Å².